The van der Waals surface area contributed by atoms with Crippen molar-refractivity contribution in [2.24, 2.45) is 4.99 Å². The summed E-state index contributed by atoms with van der Waals surface area (Å²) in [5.74, 6) is 0.262. The Hall–Kier alpha value is -2.13. The van der Waals surface area contributed by atoms with Crippen LogP contribution in [0.15, 0.2) is 53.5 Å². The molecule has 0 heterocycles. The zero-order valence-electron chi connectivity index (χ0n) is 12.0. The summed E-state index contributed by atoms with van der Waals surface area (Å²) in [6.07, 6.45) is 1.72. The molecule has 104 valence electrons. The van der Waals surface area contributed by atoms with Gasteiger partial charge in [0.05, 0.1) is 6.54 Å². The molecule has 0 aromatic heterocycles. The normalized spacial score (nSPS) is 11.3. The van der Waals surface area contributed by atoms with E-state index in [9.17, 15) is 5.11 Å². The minimum atomic E-state index is 0.262. The van der Waals surface area contributed by atoms with Gasteiger partial charge in [0.2, 0.25) is 0 Å². The van der Waals surface area contributed by atoms with Crippen molar-refractivity contribution < 1.29 is 5.11 Å². The summed E-state index contributed by atoms with van der Waals surface area (Å²) >= 11 is 0. The number of phenols is 1. The SMILES string of the molecule is CN(C)Cc1ccccc1CN=Cc1ccccc1O. The van der Waals surface area contributed by atoms with E-state index in [-0.39, 0.29) is 5.75 Å². The molecule has 0 aliphatic heterocycles. The molecule has 2 rings (SSSR count). The fraction of sp³-hybridized carbons (Fsp3) is 0.235. The summed E-state index contributed by atoms with van der Waals surface area (Å²) in [6, 6.07) is 15.5. The zero-order chi connectivity index (χ0) is 14.4. The monoisotopic (exact) mass is 268 g/mol. The van der Waals surface area contributed by atoms with E-state index < -0.39 is 0 Å². The highest BCUT2D eigenvalue weighted by molar-refractivity contribution is 5.83. The van der Waals surface area contributed by atoms with Crippen LogP contribution in [0.2, 0.25) is 0 Å². The lowest BCUT2D eigenvalue weighted by Crippen LogP contribution is -2.12. The molecule has 0 radical (unpaired) electrons. The lowest BCUT2D eigenvalue weighted by Gasteiger charge is -2.12. The van der Waals surface area contributed by atoms with Gasteiger partial charge in [-0.15, -0.1) is 0 Å². The van der Waals surface area contributed by atoms with Gasteiger partial charge in [0.1, 0.15) is 5.75 Å². The van der Waals surface area contributed by atoms with Crippen molar-refractivity contribution >= 4 is 6.21 Å². The first-order valence-electron chi connectivity index (χ1n) is 6.66. The molecule has 2 aromatic carbocycles. The van der Waals surface area contributed by atoms with E-state index >= 15 is 0 Å². The van der Waals surface area contributed by atoms with Crippen LogP contribution >= 0.6 is 0 Å². The van der Waals surface area contributed by atoms with Crippen LogP contribution in [0.25, 0.3) is 0 Å². The Morgan fingerprint density at radius 2 is 1.65 bits per heavy atom. The van der Waals surface area contributed by atoms with Gasteiger partial charge in [0.15, 0.2) is 0 Å². The highest BCUT2D eigenvalue weighted by atomic mass is 16.3. The van der Waals surface area contributed by atoms with E-state index in [0.29, 0.717) is 6.54 Å². The third-order valence-corrected chi connectivity index (χ3v) is 3.03. The van der Waals surface area contributed by atoms with Gasteiger partial charge in [-0.1, -0.05) is 36.4 Å². The summed E-state index contributed by atoms with van der Waals surface area (Å²) in [6.45, 7) is 1.53. The molecule has 0 aliphatic carbocycles. The van der Waals surface area contributed by atoms with Crippen LogP contribution in [-0.2, 0) is 13.1 Å². The quantitative estimate of drug-likeness (QED) is 0.846. The summed E-state index contributed by atoms with van der Waals surface area (Å²) < 4.78 is 0. The van der Waals surface area contributed by atoms with E-state index in [0.717, 1.165) is 12.1 Å². The van der Waals surface area contributed by atoms with Crippen molar-refractivity contribution in [3.05, 3.63) is 65.2 Å². The highest BCUT2D eigenvalue weighted by Crippen LogP contribution is 2.14. The number of para-hydroxylation sites is 1. The number of aliphatic imine (C=N–C) groups is 1. The number of aromatic hydroxyl groups is 1. The first kappa shape index (κ1) is 14.3. The topological polar surface area (TPSA) is 35.8 Å². The summed E-state index contributed by atoms with van der Waals surface area (Å²) in [5, 5.41) is 9.68. The smallest absolute Gasteiger partial charge is 0.124 e. The second kappa shape index (κ2) is 6.87. The van der Waals surface area contributed by atoms with Gasteiger partial charge in [-0.25, -0.2) is 0 Å². The molecule has 2 aromatic rings. The van der Waals surface area contributed by atoms with Crippen molar-refractivity contribution in [3.63, 3.8) is 0 Å². The number of hydrogen-bond acceptors (Lipinski definition) is 3. The molecule has 20 heavy (non-hydrogen) atoms. The molecule has 1 N–H and O–H groups in total. The molecular weight excluding hydrogens is 248 g/mol. The Morgan fingerprint density at radius 1 is 1.00 bits per heavy atom. The molecule has 0 spiro atoms. The predicted octanol–water partition coefficient (Wildman–Crippen LogP) is 3.07. The Bertz CT molecular complexity index is 591. The van der Waals surface area contributed by atoms with Crippen LogP contribution in [0.3, 0.4) is 0 Å². The fourth-order valence-electron chi connectivity index (χ4n) is 2.05. The Kier molecular flexibility index (Phi) is 4.91. The lowest BCUT2D eigenvalue weighted by molar-refractivity contribution is 0.401. The van der Waals surface area contributed by atoms with Crippen LogP contribution in [0.4, 0.5) is 0 Å². The molecule has 0 saturated heterocycles. The first-order valence-corrected chi connectivity index (χ1v) is 6.66. The summed E-state index contributed by atoms with van der Waals surface area (Å²) in [7, 11) is 4.12. The second-order valence-electron chi connectivity index (χ2n) is 5.04. The van der Waals surface area contributed by atoms with Crippen LogP contribution in [0.5, 0.6) is 5.75 Å². The van der Waals surface area contributed by atoms with Crippen LogP contribution in [-0.4, -0.2) is 30.3 Å². The summed E-state index contributed by atoms with van der Waals surface area (Å²) in [5.41, 5.74) is 3.25. The maximum Gasteiger partial charge on any atom is 0.124 e. The minimum Gasteiger partial charge on any atom is -0.507 e. The molecular formula is C17H20N2O. The van der Waals surface area contributed by atoms with Crippen molar-refractivity contribution in [3.8, 4) is 5.75 Å². The molecule has 0 unspecified atom stereocenters. The third-order valence-electron chi connectivity index (χ3n) is 3.03. The van der Waals surface area contributed by atoms with Gasteiger partial charge in [0, 0.05) is 18.3 Å². The van der Waals surface area contributed by atoms with Crippen molar-refractivity contribution in [1.82, 2.24) is 4.90 Å². The second-order valence-corrected chi connectivity index (χ2v) is 5.04. The molecule has 0 amide bonds. The minimum absolute atomic E-state index is 0.262. The zero-order valence-corrected chi connectivity index (χ0v) is 12.0. The maximum absolute atomic E-state index is 9.68. The Balaban J connectivity index is 2.09. The highest BCUT2D eigenvalue weighted by Gasteiger charge is 2.02. The van der Waals surface area contributed by atoms with Crippen molar-refractivity contribution in [2.75, 3.05) is 14.1 Å². The molecule has 0 atom stereocenters. The number of phenolic OH excluding ortho intramolecular Hbond substituents is 1. The van der Waals surface area contributed by atoms with Gasteiger partial charge >= 0.3 is 0 Å². The maximum atomic E-state index is 9.68. The fourth-order valence-corrected chi connectivity index (χ4v) is 2.05. The Labute approximate surface area is 120 Å². The van der Waals surface area contributed by atoms with Crippen LogP contribution < -0.4 is 0 Å². The van der Waals surface area contributed by atoms with Gasteiger partial charge in [-0.2, -0.15) is 0 Å². The van der Waals surface area contributed by atoms with E-state index in [1.807, 2.05) is 18.2 Å². The molecule has 0 bridgehead atoms. The van der Waals surface area contributed by atoms with Crippen LogP contribution in [0, 0.1) is 0 Å². The first-order chi connectivity index (χ1) is 9.66. The number of benzene rings is 2. The van der Waals surface area contributed by atoms with E-state index in [1.165, 1.54) is 11.1 Å². The molecule has 0 aliphatic rings. The largest absolute Gasteiger partial charge is 0.507 e. The average molecular weight is 268 g/mol. The van der Waals surface area contributed by atoms with E-state index in [4.69, 9.17) is 0 Å². The summed E-state index contributed by atoms with van der Waals surface area (Å²) in [4.78, 5) is 6.58. The lowest BCUT2D eigenvalue weighted by atomic mass is 10.1. The molecule has 3 heteroatoms. The van der Waals surface area contributed by atoms with Gasteiger partial charge in [-0.05, 0) is 37.4 Å². The third kappa shape index (κ3) is 3.93. The average Bonchev–Trinajstić information content (AvgIpc) is 2.42. The van der Waals surface area contributed by atoms with Gasteiger partial charge in [-0.3, -0.25) is 4.99 Å². The molecule has 3 nitrogen and oxygen atoms in total. The van der Waals surface area contributed by atoms with E-state index in [1.54, 1.807) is 18.3 Å². The van der Waals surface area contributed by atoms with E-state index in [2.05, 4.69) is 42.2 Å². The molecule has 0 saturated carbocycles. The Morgan fingerprint density at radius 3 is 2.35 bits per heavy atom. The number of nitrogens with zero attached hydrogens (tertiary/aromatic N) is 2. The van der Waals surface area contributed by atoms with Gasteiger partial charge < -0.3 is 10.0 Å². The predicted molar refractivity (Wildman–Crippen MR) is 83.2 cm³/mol. The van der Waals surface area contributed by atoms with Gasteiger partial charge in [0.25, 0.3) is 0 Å². The molecule has 0 fully saturated rings. The number of rotatable bonds is 5. The van der Waals surface area contributed by atoms with Crippen molar-refractivity contribution in [2.45, 2.75) is 13.1 Å². The number of hydrogen-bond donors (Lipinski definition) is 1. The van der Waals surface area contributed by atoms with Crippen molar-refractivity contribution in [1.29, 1.82) is 0 Å². The van der Waals surface area contributed by atoms with Crippen LogP contribution in [0.1, 0.15) is 16.7 Å². The standard InChI is InChI=1S/C17H20N2O/c1-19(2)13-16-9-4-3-7-14(16)11-18-12-15-8-5-6-10-17(15)20/h3-10,12,20H,11,13H2,1-2H3.